The molecule has 3 nitrogen and oxygen atoms in total. The zero-order valence-corrected chi connectivity index (χ0v) is 11.6. The summed E-state index contributed by atoms with van der Waals surface area (Å²) in [6.45, 7) is 2.15. The van der Waals surface area contributed by atoms with E-state index in [4.69, 9.17) is 4.74 Å². The van der Waals surface area contributed by atoms with Crippen LogP contribution in [0.25, 0.3) is 5.69 Å². The highest BCUT2D eigenvalue weighted by atomic mass is 79.9. The monoisotopic (exact) mass is 294 g/mol. The first kappa shape index (κ1) is 12.2. The predicted molar refractivity (Wildman–Crippen MR) is 71.8 cm³/mol. The molecule has 0 aliphatic carbocycles. The Labute approximate surface area is 110 Å². The Bertz CT molecular complexity index is 491. The van der Waals surface area contributed by atoms with Gasteiger partial charge in [-0.25, -0.2) is 4.68 Å². The summed E-state index contributed by atoms with van der Waals surface area (Å²) in [5.74, 6) is 0.853. The molecule has 0 saturated heterocycles. The standard InChI is InChI=1S/C13H15BrN2O/c1-3-4-10-9-13(14)16(15-10)11-5-7-12(17-2)8-6-11/h5-9H,3-4H2,1-2H3. The van der Waals surface area contributed by atoms with E-state index in [0.29, 0.717) is 0 Å². The maximum Gasteiger partial charge on any atom is 0.119 e. The number of methoxy groups -OCH3 is 1. The summed E-state index contributed by atoms with van der Waals surface area (Å²) in [4.78, 5) is 0. The minimum absolute atomic E-state index is 0.853. The molecule has 0 atom stereocenters. The number of aryl methyl sites for hydroxylation is 1. The lowest BCUT2D eigenvalue weighted by Crippen LogP contribution is -1.97. The molecular formula is C13H15BrN2O. The molecule has 0 aliphatic heterocycles. The molecule has 0 bridgehead atoms. The lowest BCUT2D eigenvalue weighted by atomic mass is 10.3. The zero-order chi connectivity index (χ0) is 12.3. The van der Waals surface area contributed by atoms with Gasteiger partial charge in [-0.3, -0.25) is 0 Å². The van der Waals surface area contributed by atoms with Crippen LogP contribution in [-0.4, -0.2) is 16.9 Å². The van der Waals surface area contributed by atoms with E-state index in [0.717, 1.165) is 34.6 Å². The van der Waals surface area contributed by atoms with Gasteiger partial charge in [-0.2, -0.15) is 5.10 Å². The van der Waals surface area contributed by atoms with Gasteiger partial charge in [-0.1, -0.05) is 13.3 Å². The summed E-state index contributed by atoms with van der Waals surface area (Å²) in [6, 6.07) is 9.91. The van der Waals surface area contributed by atoms with Gasteiger partial charge in [0.05, 0.1) is 18.5 Å². The van der Waals surface area contributed by atoms with Crippen molar-refractivity contribution in [3.63, 3.8) is 0 Å². The highest BCUT2D eigenvalue weighted by Crippen LogP contribution is 2.20. The predicted octanol–water partition coefficient (Wildman–Crippen LogP) is 3.60. The topological polar surface area (TPSA) is 27.1 Å². The SMILES string of the molecule is CCCc1cc(Br)n(-c2ccc(OC)cc2)n1. The van der Waals surface area contributed by atoms with Gasteiger partial charge in [-0.15, -0.1) is 0 Å². The molecule has 0 N–H and O–H groups in total. The van der Waals surface area contributed by atoms with Crippen molar-refractivity contribution in [3.8, 4) is 11.4 Å². The minimum atomic E-state index is 0.853. The lowest BCUT2D eigenvalue weighted by molar-refractivity contribution is 0.414. The van der Waals surface area contributed by atoms with Crippen LogP contribution in [0.15, 0.2) is 34.9 Å². The Balaban J connectivity index is 2.31. The highest BCUT2D eigenvalue weighted by Gasteiger charge is 2.06. The Morgan fingerprint density at radius 3 is 2.59 bits per heavy atom. The Kier molecular flexibility index (Phi) is 3.84. The third-order valence-corrected chi connectivity index (χ3v) is 3.10. The fraction of sp³-hybridized carbons (Fsp3) is 0.308. The molecule has 90 valence electrons. The normalized spacial score (nSPS) is 10.5. The van der Waals surface area contributed by atoms with E-state index in [1.54, 1.807) is 7.11 Å². The molecular weight excluding hydrogens is 280 g/mol. The number of hydrogen-bond donors (Lipinski definition) is 0. The number of halogens is 1. The molecule has 0 fully saturated rings. The summed E-state index contributed by atoms with van der Waals surface area (Å²) >= 11 is 3.53. The summed E-state index contributed by atoms with van der Waals surface area (Å²) in [5.41, 5.74) is 2.13. The first-order valence-electron chi connectivity index (χ1n) is 5.63. The van der Waals surface area contributed by atoms with Gasteiger partial charge in [0, 0.05) is 0 Å². The maximum atomic E-state index is 5.14. The van der Waals surface area contributed by atoms with Crippen LogP contribution < -0.4 is 4.74 Å². The number of benzene rings is 1. The first-order valence-corrected chi connectivity index (χ1v) is 6.42. The Morgan fingerprint density at radius 1 is 1.29 bits per heavy atom. The van der Waals surface area contributed by atoms with Crippen LogP contribution >= 0.6 is 15.9 Å². The highest BCUT2D eigenvalue weighted by molar-refractivity contribution is 9.10. The second-order valence-corrected chi connectivity index (χ2v) is 4.63. The van der Waals surface area contributed by atoms with Crippen LogP contribution in [0.5, 0.6) is 5.75 Å². The third kappa shape index (κ3) is 2.69. The van der Waals surface area contributed by atoms with Gasteiger partial charge < -0.3 is 4.74 Å². The fourth-order valence-electron chi connectivity index (χ4n) is 1.69. The number of ether oxygens (including phenoxy) is 1. The molecule has 0 radical (unpaired) electrons. The van der Waals surface area contributed by atoms with Gasteiger partial charge >= 0.3 is 0 Å². The Hall–Kier alpha value is -1.29. The third-order valence-electron chi connectivity index (χ3n) is 2.54. The zero-order valence-electron chi connectivity index (χ0n) is 9.98. The van der Waals surface area contributed by atoms with E-state index in [9.17, 15) is 0 Å². The van der Waals surface area contributed by atoms with Crippen molar-refractivity contribution in [3.05, 3.63) is 40.6 Å². The van der Waals surface area contributed by atoms with Crippen LogP contribution in [0, 0.1) is 0 Å². The summed E-state index contributed by atoms with van der Waals surface area (Å²) < 4.78 is 8.01. The summed E-state index contributed by atoms with van der Waals surface area (Å²) in [7, 11) is 1.66. The maximum absolute atomic E-state index is 5.14. The van der Waals surface area contributed by atoms with Crippen molar-refractivity contribution in [1.29, 1.82) is 0 Å². The van der Waals surface area contributed by atoms with Crippen LogP contribution in [0.1, 0.15) is 19.0 Å². The van der Waals surface area contributed by atoms with Gasteiger partial charge in [0.25, 0.3) is 0 Å². The average molecular weight is 295 g/mol. The molecule has 0 saturated carbocycles. The van der Waals surface area contributed by atoms with Crippen molar-refractivity contribution in [2.24, 2.45) is 0 Å². The summed E-state index contributed by atoms with van der Waals surface area (Å²) in [5, 5.41) is 4.55. The van der Waals surface area contributed by atoms with Crippen molar-refractivity contribution in [2.45, 2.75) is 19.8 Å². The quantitative estimate of drug-likeness (QED) is 0.861. The molecule has 0 amide bonds. The van der Waals surface area contributed by atoms with Crippen molar-refractivity contribution in [1.82, 2.24) is 9.78 Å². The summed E-state index contributed by atoms with van der Waals surface area (Å²) in [6.07, 6.45) is 2.10. The van der Waals surface area contributed by atoms with E-state index in [1.165, 1.54) is 0 Å². The molecule has 0 spiro atoms. The fourth-order valence-corrected chi connectivity index (χ4v) is 2.23. The molecule has 17 heavy (non-hydrogen) atoms. The molecule has 4 heteroatoms. The molecule has 1 aromatic heterocycles. The second-order valence-electron chi connectivity index (χ2n) is 3.82. The van der Waals surface area contributed by atoms with Gasteiger partial charge in [0.2, 0.25) is 0 Å². The molecule has 2 rings (SSSR count). The minimum Gasteiger partial charge on any atom is -0.497 e. The average Bonchev–Trinajstić information content (AvgIpc) is 2.71. The molecule has 1 heterocycles. The lowest BCUT2D eigenvalue weighted by Gasteiger charge is -2.04. The molecule has 0 aliphatic rings. The van der Waals surface area contributed by atoms with Crippen LogP contribution in [-0.2, 0) is 6.42 Å². The first-order chi connectivity index (χ1) is 8.24. The Morgan fingerprint density at radius 2 is 2.00 bits per heavy atom. The van der Waals surface area contributed by atoms with Gasteiger partial charge in [0.15, 0.2) is 0 Å². The van der Waals surface area contributed by atoms with E-state index in [2.05, 4.69) is 34.0 Å². The van der Waals surface area contributed by atoms with E-state index in [1.807, 2.05) is 28.9 Å². The smallest absolute Gasteiger partial charge is 0.119 e. The number of nitrogens with zero attached hydrogens (tertiary/aromatic N) is 2. The second kappa shape index (κ2) is 5.36. The number of aromatic nitrogens is 2. The van der Waals surface area contributed by atoms with Gasteiger partial charge in [-0.05, 0) is 52.7 Å². The van der Waals surface area contributed by atoms with Crippen molar-refractivity contribution >= 4 is 15.9 Å². The number of hydrogen-bond acceptors (Lipinski definition) is 2. The van der Waals surface area contributed by atoms with Gasteiger partial charge in [0.1, 0.15) is 10.4 Å². The van der Waals surface area contributed by atoms with E-state index < -0.39 is 0 Å². The van der Waals surface area contributed by atoms with Crippen molar-refractivity contribution in [2.75, 3.05) is 7.11 Å². The molecule has 2 aromatic rings. The van der Waals surface area contributed by atoms with Crippen LogP contribution in [0.2, 0.25) is 0 Å². The molecule has 1 aromatic carbocycles. The van der Waals surface area contributed by atoms with Crippen LogP contribution in [0.3, 0.4) is 0 Å². The van der Waals surface area contributed by atoms with E-state index >= 15 is 0 Å². The largest absolute Gasteiger partial charge is 0.497 e. The molecule has 0 unspecified atom stereocenters. The van der Waals surface area contributed by atoms with Crippen molar-refractivity contribution < 1.29 is 4.74 Å². The number of rotatable bonds is 4. The van der Waals surface area contributed by atoms with E-state index in [-0.39, 0.29) is 0 Å². The van der Waals surface area contributed by atoms with Crippen LogP contribution in [0.4, 0.5) is 0 Å².